The zero-order valence-corrected chi connectivity index (χ0v) is 18.0. The number of rotatable bonds is 6. The van der Waals surface area contributed by atoms with Crippen LogP contribution in [0.4, 0.5) is 5.69 Å². The Balaban J connectivity index is 1.57. The predicted molar refractivity (Wildman–Crippen MR) is 131 cm³/mol. The molecule has 0 aliphatic carbocycles. The van der Waals surface area contributed by atoms with Gasteiger partial charge in [-0.15, -0.1) is 0 Å². The quantitative estimate of drug-likeness (QED) is 0.305. The van der Waals surface area contributed by atoms with Gasteiger partial charge < -0.3 is 21.0 Å². The minimum absolute atomic E-state index is 0.144. The molecule has 0 spiro atoms. The molecule has 5 N–H and O–H groups in total. The summed E-state index contributed by atoms with van der Waals surface area (Å²) in [5.41, 5.74) is 10.8. The lowest BCUT2D eigenvalue weighted by molar-refractivity contribution is 0.700. The number of para-hydroxylation sites is 2. The molecular formula is C25H22ClN5O. The summed E-state index contributed by atoms with van der Waals surface area (Å²) >= 11 is 6.30. The molecule has 0 saturated carbocycles. The number of hydrogen-bond acceptors (Lipinski definition) is 4. The number of hydrogen-bond donors (Lipinski definition) is 4. The van der Waals surface area contributed by atoms with Gasteiger partial charge in [-0.05, 0) is 42.3 Å². The Morgan fingerprint density at radius 2 is 1.75 bits per heavy atom. The van der Waals surface area contributed by atoms with Crippen molar-refractivity contribution in [1.29, 1.82) is 0 Å². The summed E-state index contributed by atoms with van der Waals surface area (Å²) in [6, 6.07) is 23.0. The van der Waals surface area contributed by atoms with Gasteiger partial charge in [0.15, 0.2) is 0 Å². The molecule has 0 radical (unpaired) electrons. The van der Waals surface area contributed by atoms with Gasteiger partial charge in [-0.1, -0.05) is 54.1 Å². The number of anilines is 1. The molecule has 0 unspecified atom stereocenters. The van der Waals surface area contributed by atoms with Gasteiger partial charge in [0.1, 0.15) is 11.4 Å². The van der Waals surface area contributed by atoms with Gasteiger partial charge in [0.25, 0.3) is 5.56 Å². The lowest BCUT2D eigenvalue weighted by Gasteiger charge is -2.17. The Kier molecular flexibility index (Phi) is 5.39. The lowest BCUT2D eigenvalue weighted by atomic mass is 10.1. The van der Waals surface area contributed by atoms with E-state index in [1.807, 2.05) is 48.5 Å². The van der Waals surface area contributed by atoms with E-state index < -0.39 is 0 Å². The van der Waals surface area contributed by atoms with Gasteiger partial charge in [0.2, 0.25) is 0 Å². The third kappa shape index (κ3) is 3.98. The normalized spacial score (nSPS) is 12.3. The summed E-state index contributed by atoms with van der Waals surface area (Å²) in [7, 11) is 0. The number of aromatic nitrogens is 3. The minimum Gasteiger partial charge on any atom is -0.382 e. The Bertz CT molecular complexity index is 1430. The molecular weight excluding hydrogens is 422 g/mol. The van der Waals surface area contributed by atoms with Crippen molar-refractivity contribution in [2.24, 2.45) is 5.73 Å². The Hall–Kier alpha value is -3.61. The highest BCUT2D eigenvalue weighted by molar-refractivity contribution is 6.31. The second-order valence-electron chi connectivity index (χ2n) is 7.83. The van der Waals surface area contributed by atoms with Crippen LogP contribution in [0.5, 0.6) is 0 Å². The van der Waals surface area contributed by atoms with Crippen LogP contribution in [0.2, 0.25) is 5.02 Å². The van der Waals surface area contributed by atoms with Gasteiger partial charge in [0.05, 0.1) is 22.2 Å². The average Bonchev–Trinajstić information content (AvgIpc) is 3.22. The molecule has 32 heavy (non-hydrogen) atoms. The van der Waals surface area contributed by atoms with E-state index in [4.69, 9.17) is 17.3 Å². The molecule has 2 heterocycles. The first-order valence-corrected chi connectivity index (χ1v) is 10.8. The summed E-state index contributed by atoms with van der Waals surface area (Å²) in [6.07, 6.45) is 0.718. The summed E-state index contributed by atoms with van der Waals surface area (Å²) in [5, 5.41) is 4.81. The fourth-order valence-corrected chi connectivity index (χ4v) is 4.14. The highest BCUT2D eigenvalue weighted by Crippen LogP contribution is 2.32. The van der Waals surface area contributed by atoms with Crippen LogP contribution in [-0.4, -0.2) is 27.5 Å². The maximum atomic E-state index is 13.1. The lowest BCUT2D eigenvalue weighted by Crippen LogP contribution is -2.32. The van der Waals surface area contributed by atoms with Crippen molar-refractivity contribution in [1.82, 2.24) is 15.0 Å². The van der Waals surface area contributed by atoms with E-state index in [1.54, 1.807) is 12.1 Å². The summed E-state index contributed by atoms with van der Waals surface area (Å²) in [5.74, 6) is 0.494. The second kappa shape index (κ2) is 8.49. The van der Waals surface area contributed by atoms with E-state index in [-0.39, 0.29) is 11.6 Å². The van der Waals surface area contributed by atoms with E-state index in [0.717, 1.165) is 28.4 Å². The minimum atomic E-state index is -0.238. The smallest absolute Gasteiger partial charge is 0.261 e. The second-order valence-corrected chi connectivity index (χ2v) is 8.26. The van der Waals surface area contributed by atoms with Gasteiger partial charge >= 0.3 is 0 Å². The zero-order chi connectivity index (χ0) is 22.1. The summed E-state index contributed by atoms with van der Waals surface area (Å²) in [4.78, 5) is 24.0. The van der Waals surface area contributed by atoms with E-state index in [1.165, 1.54) is 0 Å². The third-order valence-electron chi connectivity index (χ3n) is 5.48. The monoisotopic (exact) mass is 443 g/mol. The fraction of sp³-hybridized carbons (Fsp3) is 0.120. The molecule has 1 atom stereocenters. The van der Waals surface area contributed by atoms with E-state index in [9.17, 15) is 4.79 Å². The van der Waals surface area contributed by atoms with Crippen LogP contribution in [0.15, 0.2) is 77.6 Å². The van der Waals surface area contributed by atoms with Gasteiger partial charge in [-0.25, -0.2) is 4.98 Å². The number of nitrogens with two attached hydrogens (primary N) is 1. The number of imidazole rings is 1. The van der Waals surface area contributed by atoms with Crippen molar-refractivity contribution in [2.45, 2.75) is 12.5 Å². The molecule has 160 valence electrons. The fourth-order valence-electron chi connectivity index (χ4n) is 3.97. The summed E-state index contributed by atoms with van der Waals surface area (Å²) in [6.45, 7) is 0.479. The maximum absolute atomic E-state index is 13.1. The number of nitrogens with zero attached hydrogens (tertiary/aromatic N) is 1. The van der Waals surface area contributed by atoms with Crippen LogP contribution in [0, 0.1) is 0 Å². The highest BCUT2D eigenvalue weighted by atomic mass is 35.5. The first-order chi connectivity index (χ1) is 15.6. The molecule has 0 bridgehead atoms. The molecule has 0 aliphatic heterocycles. The van der Waals surface area contributed by atoms with E-state index in [2.05, 4.69) is 32.4 Å². The molecule has 7 heteroatoms. The van der Waals surface area contributed by atoms with Crippen LogP contribution in [0.1, 0.15) is 5.56 Å². The molecule has 0 amide bonds. The molecule has 0 aliphatic rings. The molecule has 2 aromatic heterocycles. The van der Waals surface area contributed by atoms with Crippen LogP contribution in [-0.2, 0) is 6.42 Å². The largest absolute Gasteiger partial charge is 0.382 e. The number of pyridine rings is 1. The first kappa shape index (κ1) is 20.3. The van der Waals surface area contributed by atoms with Crippen LogP contribution < -0.4 is 16.6 Å². The average molecular weight is 444 g/mol. The third-order valence-corrected chi connectivity index (χ3v) is 5.72. The molecule has 6 nitrogen and oxygen atoms in total. The van der Waals surface area contributed by atoms with Gasteiger partial charge in [-0.2, -0.15) is 0 Å². The van der Waals surface area contributed by atoms with Gasteiger partial charge in [-0.3, -0.25) is 4.79 Å². The van der Waals surface area contributed by atoms with Crippen LogP contribution >= 0.6 is 11.6 Å². The van der Waals surface area contributed by atoms with E-state index in [0.29, 0.717) is 34.2 Å². The molecule has 3 aromatic carbocycles. The SMILES string of the molecule is N[C@@H](CNc1c(-c2nc3ccccc3[nH]2)c(=O)[nH]c2ccc(Cl)cc12)Cc1ccccc1. The van der Waals surface area contributed by atoms with Crippen molar-refractivity contribution >= 4 is 39.2 Å². The topological polar surface area (TPSA) is 99.6 Å². The number of nitrogens with one attached hydrogen (secondary N) is 3. The highest BCUT2D eigenvalue weighted by Gasteiger charge is 2.19. The molecule has 5 aromatic rings. The number of benzene rings is 3. The van der Waals surface area contributed by atoms with Crippen LogP contribution in [0.3, 0.4) is 0 Å². The number of halogens is 1. The first-order valence-electron chi connectivity index (χ1n) is 10.4. The van der Waals surface area contributed by atoms with Gasteiger partial charge in [0, 0.05) is 23.0 Å². The van der Waals surface area contributed by atoms with Crippen molar-refractivity contribution in [2.75, 3.05) is 11.9 Å². The number of aromatic amines is 2. The molecule has 0 saturated heterocycles. The predicted octanol–water partition coefficient (Wildman–Crippen LogP) is 4.71. The standard InChI is InChI=1S/C25H22ClN5O/c26-16-10-11-19-18(13-16)23(28-14-17(27)12-15-6-2-1-3-7-15)22(25(32)31-19)24-29-20-8-4-5-9-21(20)30-24/h1-11,13,17H,12,14,27H2,(H,29,30)(H2,28,31,32)/t17-/m1/s1. The number of fused-ring (bicyclic) bond motifs is 2. The van der Waals surface area contributed by atoms with Crippen molar-refractivity contribution in [3.8, 4) is 11.4 Å². The van der Waals surface area contributed by atoms with E-state index >= 15 is 0 Å². The zero-order valence-electron chi connectivity index (χ0n) is 17.2. The Labute approximate surface area is 189 Å². The summed E-state index contributed by atoms with van der Waals surface area (Å²) < 4.78 is 0. The maximum Gasteiger partial charge on any atom is 0.261 e. The molecule has 5 rings (SSSR count). The number of H-pyrrole nitrogens is 2. The van der Waals surface area contributed by atoms with Crippen LogP contribution in [0.25, 0.3) is 33.3 Å². The Morgan fingerprint density at radius 1 is 0.969 bits per heavy atom. The van der Waals surface area contributed by atoms with Crippen molar-refractivity contribution < 1.29 is 0 Å². The van der Waals surface area contributed by atoms with Crippen molar-refractivity contribution in [3.05, 3.63) is 93.7 Å². The Morgan fingerprint density at radius 3 is 2.56 bits per heavy atom. The van der Waals surface area contributed by atoms with Crippen molar-refractivity contribution in [3.63, 3.8) is 0 Å². The molecule has 0 fully saturated rings.